The second kappa shape index (κ2) is 14.7. The molecular formula is C28H40ClN5O3S2. The first-order chi connectivity index (χ1) is 18.8. The molecule has 8 nitrogen and oxygen atoms in total. The van der Waals surface area contributed by atoms with Crippen molar-refractivity contribution in [3.8, 4) is 0 Å². The molecule has 2 aromatic rings. The number of benzene rings is 1. The van der Waals surface area contributed by atoms with E-state index >= 15 is 0 Å². The Morgan fingerprint density at radius 3 is 2.59 bits per heavy atom. The quantitative estimate of drug-likeness (QED) is 0.345. The molecule has 0 radical (unpaired) electrons. The fourth-order valence-corrected chi connectivity index (χ4v) is 7.60. The molecule has 2 aliphatic rings. The zero-order chi connectivity index (χ0) is 27.8. The number of halogens is 1. The zero-order valence-corrected chi connectivity index (χ0v) is 25.2. The smallest absolute Gasteiger partial charge is 0.243 e. The summed E-state index contributed by atoms with van der Waals surface area (Å²) in [5, 5.41) is 10.6. The van der Waals surface area contributed by atoms with Crippen LogP contribution in [0, 0.1) is 11.8 Å². The van der Waals surface area contributed by atoms with Gasteiger partial charge in [-0.25, -0.2) is 4.98 Å². The minimum Gasteiger partial charge on any atom is -0.354 e. The highest BCUT2D eigenvalue weighted by atomic mass is 35.5. The first kappa shape index (κ1) is 30.1. The summed E-state index contributed by atoms with van der Waals surface area (Å²) in [6.07, 6.45) is 4.87. The summed E-state index contributed by atoms with van der Waals surface area (Å²) in [6.45, 7) is 6.94. The third-order valence-electron chi connectivity index (χ3n) is 7.62. The van der Waals surface area contributed by atoms with Gasteiger partial charge < -0.3 is 20.9 Å². The minimum absolute atomic E-state index is 0.0226. The largest absolute Gasteiger partial charge is 0.354 e. The van der Waals surface area contributed by atoms with Gasteiger partial charge in [0.2, 0.25) is 17.7 Å². The third kappa shape index (κ3) is 8.80. The average molecular weight is 594 g/mol. The summed E-state index contributed by atoms with van der Waals surface area (Å²) in [5.41, 5.74) is 0.823. The number of fused-ring (bicyclic) bond motifs is 1. The van der Waals surface area contributed by atoms with Crippen LogP contribution in [0.4, 0.5) is 0 Å². The van der Waals surface area contributed by atoms with Crippen LogP contribution in [0.2, 0.25) is 5.02 Å². The van der Waals surface area contributed by atoms with Crippen molar-refractivity contribution < 1.29 is 14.4 Å². The molecule has 2 unspecified atom stereocenters. The predicted molar refractivity (Wildman–Crippen MR) is 160 cm³/mol. The molecule has 0 bridgehead atoms. The first-order valence-electron chi connectivity index (χ1n) is 14.0. The van der Waals surface area contributed by atoms with Crippen molar-refractivity contribution >= 4 is 62.6 Å². The molecular weight excluding hydrogens is 554 g/mol. The Bertz CT molecular complexity index is 1130. The third-order valence-corrected chi connectivity index (χ3v) is 9.84. The second-order valence-electron chi connectivity index (χ2n) is 10.6. The number of hydrogen-bond donors (Lipinski definition) is 3. The van der Waals surface area contributed by atoms with Gasteiger partial charge in [0.15, 0.2) is 0 Å². The molecule has 1 aliphatic heterocycles. The topological polar surface area (TPSA) is 103 Å². The average Bonchev–Trinajstić information content (AvgIpc) is 3.60. The van der Waals surface area contributed by atoms with Crippen molar-refractivity contribution in [3.63, 3.8) is 0 Å². The zero-order valence-electron chi connectivity index (χ0n) is 22.8. The molecule has 4 rings (SSSR count). The van der Waals surface area contributed by atoms with E-state index in [1.54, 1.807) is 13.0 Å². The molecule has 3 atom stereocenters. The first-order valence-corrected chi connectivity index (χ1v) is 16.4. The van der Waals surface area contributed by atoms with Gasteiger partial charge >= 0.3 is 0 Å². The van der Waals surface area contributed by atoms with E-state index in [4.69, 9.17) is 11.6 Å². The van der Waals surface area contributed by atoms with Crippen molar-refractivity contribution in [1.82, 2.24) is 25.8 Å². The molecule has 0 spiro atoms. The normalized spacial score (nSPS) is 18.9. The van der Waals surface area contributed by atoms with E-state index in [0.717, 1.165) is 72.0 Å². The molecule has 39 heavy (non-hydrogen) atoms. The molecule has 214 valence electrons. The van der Waals surface area contributed by atoms with Crippen molar-refractivity contribution in [1.29, 1.82) is 0 Å². The highest BCUT2D eigenvalue weighted by molar-refractivity contribution is 7.99. The van der Waals surface area contributed by atoms with E-state index in [2.05, 4.69) is 25.8 Å². The molecule has 3 N–H and O–H groups in total. The lowest BCUT2D eigenvalue weighted by Gasteiger charge is -2.30. The number of thioether (sulfide) groups is 1. The monoisotopic (exact) mass is 593 g/mol. The summed E-state index contributed by atoms with van der Waals surface area (Å²) in [5.74, 6) is 2.02. The maximum Gasteiger partial charge on any atom is 0.243 e. The fourth-order valence-electron chi connectivity index (χ4n) is 5.33. The highest BCUT2D eigenvalue weighted by Gasteiger charge is 2.31. The number of hydrogen-bond acceptors (Lipinski definition) is 7. The number of carbonyl (C=O) groups is 3. The van der Waals surface area contributed by atoms with E-state index in [0.29, 0.717) is 23.9 Å². The highest BCUT2D eigenvalue weighted by Crippen LogP contribution is 2.28. The summed E-state index contributed by atoms with van der Waals surface area (Å²) in [6, 6.07) is 4.59. The molecule has 11 heteroatoms. The van der Waals surface area contributed by atoms with Gasteiger partial charge in [0.1, 0.15) is 6.04 Å². The van der Waals surface area contributed by atoms with Crippen LogP contribution in [0.1, 0.15) is 51.0 Å². The van der Waals surface area contributed by atoms with Crippen molar-refractivity contribution in [2.45, 2.75) is 64.5 Å². The maximum absolute atomic E-state index is 13.6. The van der Waals surface area contributed by atoms with Gasteiger partial charge in [-0.1, -0.05) is 38.3 Å². The van der Waals surface area contributed by atoms with Gasteiger partial charge in [0, 0.05) is 67.5 Å². The summed E-state index contributed by atoms with van der Waals surface area (Å²) < 4.78 is 0.947. The van der Waals surface area contributed by atoms with Gasteiger partial charge in [-0.2, -0.15) is 11.8 Å². The van der Waals surface area contributed by atoms with Gasteiger partial charge in [-0.3, -0.25) is 14.4 Å². The molecule has 3 amide bonds. The summed E-state index contributed by atoms with van der Waals surface area (Å²) >= 11 is 9.57. The van der Waals surface area contributed by atoms with Crippen LogP contribution >= 0.6 is 34.7 Å². The van der Waals surface area contributed by atoms with Crippen LogP contribution in [0.3, 0.4) is 0 Å². The number of nitrogens with one attached hydrogen (secondary N) is 3. The van der Waals surface area contributed by atoms with Crippen molar-refractivity contribution in [2.24, 2.45) is 11.8 Å². The van der Waals surface area contributed by atoms with E-state index < -0.39 is 6.04 Å². The summed E-state index contributed by atoms with van der Waals surface area (Å²) in [7, 11) is 0. The SMILES string of the molecule is CCC(=O)N[C@@H](Cc1nc2ccc(Cl)cc2s1)C(=O)NC(CNC(=O)C(C)CN1CCSCC1)C1CCCC1. The van der Waals surface area contributed by atoms with Crippen LogP contribution < -0.4 is 16.0 Å². The predicted octanol–water partition coefficient (Wildman–Crippen LogP) is 3.86. The van der Waals surface area contributed by atoms with E-state index in [-0.39, 0.29) is 36.1 Å². The molecule has 1 aromatic carbocycles. The Kier molecular flexibility index (Phi) is 11.3. The van der Waals surface area contributed by atoms with Gasteiger partial charge in [-0.15, -0.1) is 11.3 Å². The molecule has 1 saturated heterocycles. The standard InChI is InChI=1S/C28H40ClN5O3S2/c1-3-25(35)31-22(15-26-32-21-9-8-20(29)14-24(21)39-26)28(37)33-23(19-6-4-5-7-19)16-30-27(36)18(2)17-34-10-12-38-13-11-34/h8-9,14,18-19,22-23H,3-7,10-13,15-17H2,1-2H3,(H,30,36)(H,31,35)(H,33,37)/t18?,22-,23?/m0/s1. The maximum atomic E-state index is 13.6. The number of carbonyl (C=O) groups excluding carboxylic acids is 3. The lowest BCUT2D eigenvalue weighted by molar-refractivity contribution is -0.129. The molecule has 1 aliphatic carbocycles. The number of rotatable bonds is 12. The molecule has 2 fully saturated rings. The van der Waals surface area contributed by atoms with Crippen LogP contribution in [0.5, 0.6) is 0 Å². The lowest BCUT2D eigenvalue weighted by Crippen LogP contribution is -2.55. The van der Waals surface area contributed by atoms with Crippen molar-refractivity contribution in [2.75, 3.05) is 37.7 Å². The Labute approximate surface area is 244 Å². The van der Waals surface area contributed by atoms with Gasteiger partial charge in [-0.05, 0) is 37.0 Å². The van der Waals surface area contributed by atoms with Crippen LogP contribution in [0.15, 0.2) is 18.2 Å². The Morgan fingerprint density at radius 2 is 1.87 bits per heavy atom. The van der Waals surface area contributed by atoms with Crippen LogP contribution in [0.25, 0.3) is 10.2 Å². The lowest BCUT2D eigenvalue weighted by atomic mass is 9.97. The summed E-state index contributed by atoms with van der Waals surface area (Å²) in [4.78, 5) is 45.9. The Morgan fingerprint density at radius 1 is 1.13 bits per heavy atom. The Balaban J connectivity index is 1.40. The van der Waals surface area contributed by atoms with E-state index in [9.17, 15) is 14.4 Å². The van der Waals surface area contributed by atoms with Crippen LogP contribution in [-0.4, -0.2) is 77.4 Å². The van der Waals surface area contributed by atoms with E-state index in [1.807, 2.05) is 30.8 Å². The Hall–Kier alpha value is -1.88. The second-order valence-corrected chi connectivity index (χ2v) is 13.4. The fraction of sp³-hybridized carbons (Fsp3) is 0.643. The van der Waals surface area contributed by atoms with Gasteiger partial charge in [0.05, 0.1) is 15.2 Å². The number of nitrogens with zero attached hydrogens (tertiary/aromatic N) is 2. The van der Waals surface area contributed by atoms with E-state index in [1.165, 1.54) is 11.3 Å². The molecule has 1 aromatic heterocycles. The number of thiazole rings is 1. The van der Waals surface area contributed by atoms with Crippen LogP contribution in [-0.2, 0) is 20.8 Å². The number of amides is 3. The van der Waals surface area contributed by atoms with Crippen molar-refractivity contribution in [3.05, 3.63) is 28.2 Å². The molecule has 2 heterocycles. The number of aromatic nitrogens is 1. The molecule has 1 saturated carbocycles. The van der Waals surface area contributed by atoms with Gasteiger partial charge in [0.25, 0.3) is 0 Å². The minimum atomic E-state index is -0.746.